The second kappa shape index (κ2) is 9.90. The summed E-state index contributed by atoms with van der Waals surface area (Å²) in [6.07, 6.45) is 0. The number of para-hydroxylation sites is 2. The lowest BCUT2D eigenvalue weighted by Gasteiger charge is -2.30. The van der Waals surface area contributed by atoms with Gasteiger partial charge < -0.3 is 14.6 Å². The van der Waals surface area contributed by atoms with Crippen LogP contribution in [0.5, 0.6) is 0 Å². The summed E-state index contributed by atoms with van der Waals surface area (Å²) in [5.74, 6) is 0. The molecule has 0 fully saturated rings. The maximum Gasteiger partial charge on any atom is 0.144 e. The first-order valence-corrected chi connectivity index (χ1v) is 13.7. The predicted molar refractivity (Wildman–Crippen MR) is 164 cm³/mol. The molecule has 0 aliphatic rings. The third-order valence-electron chi connectivity index (χ3n) is 8.07. The van der Waals surface area contributed by atoms with Crippen molar-refractivity contribution in [2.45, 2.75) is 11.2 Å². The minimum absolute atomic E-state index is 0.577. The summed E-state index contributed by atoms with van der Waals surface area (Å²) in [5.41, 5.74) is 2.45. The highest BCUT2D eigenvalue weighted by molar-refractivity contribution is 6.07. The highest BCUT2D eigenvalue weighted by atomic mass is 16.3. The van der Waals surface area contributed by atoms with E-state index in [2.05, 4.69) is 0 Å². The largest absolute Gasteiger partial charge is 0.455 e. The molecular formula is C38H28O3. The van der Waals surface area contributed by atoms with Crippen molar-refractivity contribution in [3.05, 3.63) is 191 Å². The van der Waals surface area contributed by atoms with Gasteiger partial charge in [0.1, 0.15) is 22.4 Å². The maximum atomic E-state index is 12.6. The average Bonchev–Trinajstić information content (AvgIpc) is 3.45. The summed E-state index contributed by atoms with van der Waals surface area (Å²) in [6, 6.07) is 50.5. The zero-order valence-electron chi connectivity index (χ0n) is 22.3. The van der Waals surface area contributed by atoms with Crippen molar-refractivity contribution >= 4 is 21.9 Å². The molecular weight excluding hydrogens is 504 g/mol. The van der Waals surface area contributed by atoms with Gasteiger partial charge in [0.15, 0.2) is 0 Å². The Morgan fingerprint density at radius 3 is 0.927 bits per heavy atom. The van der Waals surface area contributed by atoms with Gasteiger partial charge in [-0.3, -0.25) is 0 Å². The van der Waals surface area contributed by atoms with Gasteiger partial charge in [0.05, 0.1) is 0 Å². The van der Waals surface area contributed by atoms with Crippen molar-refractivity contribution in [3.8, 4) is 0 Å². The van der Waals surface area contributed by atoms with Gasteiger partial charge in [-0.15, -0.1) is 0 Å². The standard InChI is InChI=1S/C38H28O3/c39-37(27-15-5-1-6-16-27,28-17-7-2-8-18-28)33-25-13-23-31-32-24-14-26-34(36(32)41-35(31)33)38(40,29-19-9-3-10-20-29)30-21-11-4-12-22-30/h1-26,39-40H. The quantitative estimate of drug-likeness (QED) is 0.213. The Labute approximate surface area is 238 Å². The molecule has 6 aromatic carbocycles. The zero-order chi connectivity index (χ0) is 27.9. The van der Waals surface area contributed by atoms with Crippen LogP contribution in [-0.2, 0) is 11.2 Å². The van der Waals surface area contributed by atoms with E-state index < -0.39 is 11.2 Å². The fourth-order valence-corrected chi connectivity index (χ4v) is 6.06. The number of benzene rings is 6. The molecule has 3 nitrogen and oxygen atoms in total. The Bertz CT molecular complexity index is 1720. The summed E-state index contributed by atoms with van der Waals surface area (Å²) in [6.45, 7) is 0. The Hall–Kier alpha value is -4.96. The molecule has 0 atom stereocenters. The van der Waals surface area contributed by atoms with E-state index in [0.717, 1.165) is 33.0 Å². The summed E-state index contributed by atoms with van der Waals surface area (Å²) >= 11 is 0. The minimum atomic E-state index is -1.47. The topological polar surface area (TPSA) is 53.6 Å². The molecule has 0 unspecified atom stereocenters. The monoisotopic (exact) mass is 532 g/mol. The van der Waals surface area contributed by atoms with Crippen LogP contribution in [0, 0.1) is 0 Å². The molecule has 3 heteroatoms. The molecule has 198 valence electrons. The first kappa shape index (κ1) is 25.0. The molecule has 7 rings (SSSR count). The van der Waals surface area contributed by atoms with Gasteiger partial charge in [0.2, 0.25) is 0 Å². The van der Waals surface area contributed by atoms with Crippen molar-refractivity contribution in [1.82, 2.24) is 0 Å². The number of fused-ring (bicyclic) bond motifs is 3. The lowest BCUT2D eigenvalue weighted by Crippen LogP contribution is -2.29. The van der Waals surface area contributed by atoms with Crippen LogP contribution in [0.2, 0.25) is 0 Å². The van der Waals surface area contributed by atoms with Crippen molar-refractivity contribution in [3.63, 3.8) is 0 Å². The molecule has 0 saturated carbocycles. The molecule has 0 amide bonds. The molecule has 7 aromatic rings. The Morgan fingerprint density at radius 2 is 0.634 bits per heavy atom. The van der Waals surface area contributed by atoms with Crippen LogP contribution < -0.4 is 0 Å². The third kappa shape index (κ3) is 3.90. The van der Waals surface area contributed by atoms with Crippen LogP contribution in [0.25, 0.3) is 21.9 Å². The number of rotatable bonds is 6. The minimum Gasteiger partial charge on any atom is -0.455 e. The second-order valence-corrected chi connectivity index (χ2v) is 10.4. The third-order valence-corrected chi connectivity index (χ3v) is 8.07. The summed E-state index contributed by atoms with van der Waals surface area (Å²) < 4.78 is 6.77. The van der Waals surface area contributed by atoms with E-state index in [-0.39, 0.29) is 0 Å². The van der Waals surface area contributed by atoms with Crippen LogP contribution in [0.1, 0.15) is 33.4 Å². The van der Waals surface area contributed by atoms with Gasteiger partial charge in [-0.1, -0.05) is 158 Å². The van der Waals surface area contributed by atoms with Crippen LogP contribution in [0.3, 0.4) is 0 Å². The number of aliphatic hydroxyl groups is 2. The molecule has 0 aliphatic heterocycles. The number of hydrogen-bond acceptors (Lipinski definition) is 3. The van der Waals surface area contributed by atoms with Gasteiger partial charge in [-0.25, -0.2) is 0 Å². The van der Waals surface area contributed by atoms with Crippen molar-refractivity contribution in [2.75, 3.05) is 0 Å². The van der Waals surface area contributed by atoms with E-state index in [9.17, 15) is 10.2 Å². The van der Waals surface area contributed by atoms with E-state index in [4.69, 9.17) is 4.42 Å². The number of hydrogen-bond donors (Lipinski definition) is 2. The molecule has 1 heterocycles. The van der Waals surface area contributed by atoms with Crippen molar-refractivity contribution in [1.29, 1.82) is 0 Å². The Kier molecular flexibility index (Phi) is 6.05. The molecule has 0 aliphatic carbocycles. The predicted octanol–water partition coefficient (Wildman–Crippen LogP) is 8.15. The average molecular weight is 533 g/mol. The molecule has 41 heavy (non-hydrogen) atoms. The van der Waals surface area contributed by atoms with Crippen LogP contribution in [0.15, 0.2) is 162 Å². The van der Waals surface area contributed by atoms with Crippen LogP contribution in [-0.4, -0.2) is 10.2 Å². The Balaban J connectivity index is 1.55. The SMILES string of the molecule is OC(c1ccccc1)(c1ccccc1)c1cccc2c1oc1c(C(O)(c3ccccc3)c3ccccc3)cccc12. The summed E-state index contributed by atoms with van der Waals surface area (Å²) in [4.78, 5) is 0. The Morgan fingerprint density at radius 1 is 0.341 bits per heavy atom. The summed E-state index contributed by atoms with van der Waals surface area (Å²) in [5, 5.41) is 27.0. The molecule has 0 radical (unpaired) electrons. The summed E-state index contributed by atoms with van der Waals surface area (Å²) in [7, 11) is 0. The van der Waals surface area contributed by atoms with E-state index in [1.807, 2.05) is 158 Å². The van der Waals surface area contributed by atoms with E-state index in [0.29, 0.717) is 22.3 Å². The van der Waals surface area contributed by atoms with Crippen molar-refractivity contribution in [2.24, 2.45) is 0 Å². The fourth-order valence-electron chi connectivity index (χ4n) is 6.06. The van der Waals surface area contributed by atoms with E-state index in [1.54, 1.807) is 0 Å². The maximum absolute atomic E-state index is 12.6. The van der Waals surface area contributed by atoms with Gasteiger partial charge in [0.25, 0.3) is 0 Å². The van der Waals surface area contributed by atoms with Crippen LogP contribution >= 0.6 is 0 Å². The highest BCUT2D eigenvalue weighted by Crippen LogP contribution is 2.46. The smallest absolute Gasteiger partial charge is 0.144 e. The first-order chi connectivity index (χ1) is 20.1. The molecule has 2 N–H and O–H groups in total. The molecule has 0 bridgehead atoms. The van der Waals surface area contributed by atoms with Crippen LogP contribution in [0.4, 0.5) is 0 Å². The lowest BCUT2D eigenvalue weighted by atomic mass is 9.79. The fraction of sp³-hybridized carbons (Fsp3) is 0.0526. The van der Waals surface area contributed by atoms with Gasteiger partial charge in [-0.2, -0.15) is 0 Å². The first-order valence-electron chi connectivity index (χ1n) is 13.7. The molecule has 0 saturated heterocycles. The number of furan rings is 1. The molecule has 1 aromatic heterocycles. The van der Waals surface area contributed by atoms with Crippen molar-refractivity contribution < 1.29 is 14.6 Å². The van der Waals surface area contributed by atoms with Gasteiger partial charge >= 0.3 is 0 Å². The van der Waals surface area contributed by atoms with Gasteiger partial charge in [0, 0.05) is 21.9 Å². The second-order valence-electron chi connectivity index (χ2n) is 10.4. The highest BCUT2D eigenvalue weighted by Gasteiger charge is 2.39. The molecule has 0 spiro atoms. The van der Waals surface area contributed by atoms with E-state index >= 15 is 0 Å². The normalized spacial score (nSPS) is 12.1. The van der Waals surface area contributed by atoms with Gasteiger partial charge in [-0.05, 0) is 22.3 Å². The zero-order valence-corrected chi connectivity index (χ0v) is 22.3. The lowest BCUT2D eigenvalue weighted by molar-refractivity contribution is 0.125. The van der Waals surface area contributed by atoms with E-state index in [1.165, 1.54) is 0 Å².